The first-order chi connectivity index (χ1) is 14.5. The number of aromatic carboxylic acids is 1. The summed E-state index contributed by atoms with van der Waals surface area (Å²) in [6.45, 7) is 0. The number of benzene rings is 1. The van der Waals surface area contributed by atoms with E-state index in [0.29, 0.717) is 16.1 Å². The van der Waals surface area contributed by atoms with Crippen molar-refractivity contribution < 1.29 is 19.3 Å². The third kappa shape index (κ3) is 3.64. The number of carbonyl (C=O) groups is 2. The van der Waals surface area contributed by atoms with Gasteiger partial charge in [-0.3, -0.25) is 4.79 Å². The van der Waals surface area contributed by atoms with Gasteiger partial charge in [0.25, 0.3) is 5.91 Å². The van der Waals surface area contributed by atoms with Gasteiger partial charge >= 0.3 is 5.97 Å². The first kappa shape index (κ1) is 18.9. The average Bonchev–Trinajstić information content (AvgIpc) is 3.47. The Hall–Kier alpha value is -4.39. The van der Waals surface area contributed by atoms with Crippen LogP contribution in [0.2, 0.25) is 0 Å². The summed E-state index contributed by atoms with van der Waals surface area (Å²) < 4.78 is 5.86. The zero-order valence-electron chi connectivity index (χ0n) is 15.0. The maximum Gasteiger partial charge on any atom is 0.345 e. The molecule has 0 fully saturated rings. The van der Waals surface area contributed by atoms with E-state index in [1.165, 1.54) is 17.0 Å². The maximum atomic E-state index is 12.7. The zero-order chi connectivity index (χ0) is 21.1. The van der Waals surface area contributed by atoms with Crippen LogP contribution in [0.3, 0.4) is 0 Å². The van der Waals surface area contributed by atoms with Crippen LogP contribution in [0.5, 0.6) is 0 Å². The number of anilines is 1. The van der Waals surface area contributed by atoms with Crippen LogP contribution in [0.15, 0.2) is 52.2 Å². The van der Waals surface area contributed by atoms with Gasteiger partial charge in [0.05, 0.1) is 6.21 Å². The summed E-state index contributed by atoms with van der Waals surface area (Å²) >= 11 is 1.02. The molecule has 0 saturated heterocycles. The predicted octanol–water partition coefficient (Wildman–Crippen LogP) is 1.42. The van der Waals surface area contributed by atoms with E-state index < -0.39 is 11.9 Å². The van der Waals surface area contributed by atoms with E-state index in [-0.39, 0.29) is 22.2 Å². The molecule has 150 valence electrons. The first-order valence-electron chi connectivity index (χ1n) is 8.30. The number of nitrogens with zero attached hydrogens (tertiary/aromatic N) is 6. The van der Waals surface area contributed by atoms with Gasteiger partial charge < -0.3 is 10.8 Å². The molecule has 1 aromatic carbocycles. The van der Waals surface area contributed by atoms with Gasteiger partial charge in [-0.25, -0.2) is 14.8 Å². The Labute approximate surface area is 171 Å². The molecule has 4 aromatic rings. The number of carboxylic acid groups (broad SMARTS) is 1. The van der Waals surface area contributed by atoms with Crippen LogP contribution in [0.1, 0.15) is 25.0 Å². The van der Waals surface area contributed by atoms with E-state index in [1.54, 1.807) is 30.3 Å². The maximum absolute atomic E-state index is 12.7. The molecule has 12 nitrogen and oxygen atoms in total. The quantitative estimate of drug-likeness (QED) is 0.305. The Morgan fingerprint density at radius 2 is 2.00 bits per heavy atom. The second kappa shape index (κ2) is 7.92. The fourth-order valence-corrected chi connectivity index (χ4v) is 3.24. The number of hydrogen-bond acceptors (Lipinski definition) is 10. The van der Waals surface area contributed by atoms with Gasteiger partial charge in [0.1, 0.15) is 10.6 Å². The van der Waals surface area contributed by atoms with Crippen molar-refractivity contribution >= 4 is 35.2 Å². The molecule has 0 spiro atoms. The van der Waals surface area contributed by atoms with Gasteiger partial charge in [0.2, 0.25) is 11.6 Å². The van der Waals surface area contributed by atoms with E-state index in [9.17, 15) is 9.59 Å². The highest BCUT2D eigenvalue weighted by atomic mass is 32.1. The molecule has 4 rings (SSSR count). The first-order valence-corrected chi connectivity index (χ1v) is 9.12. The van der Waals surface area contributed by atoms with E-state index in [4.69, 9.17) is 10.8 Å². The van der Waals surface area contributed by atoms with Crippen LogP contribution < -0.4 is 11.2 Å². The monoisotopic (exact) mass is 424 g/mol. The zero-order valence-corrected chi connectivity index (χ0v) is 15.8. The van der Waals surface area contributed by atoms with Crippen molar-refractivity contribution in [3.05, 3.63) is 57.9 Å². The fourth-order valence-electron chi connectivity index (χ4n) is 2.52. The average molecular weight is 424 g/mol. The molecule has 0 atom stereocenters. The minimum Gasteiger partial charge on any atom is -0.477 e. The summed E-state index contributed by atoms with van der Waals surface area (Å²) in [6.07, 6.45) is 1.33. The molecular weight excluding hydrogens is 412 g/mol. The van der Waals surface area contributed by atoms with Crippen molar-refractivity contribution in [3.8, 4) is 17.1 Å². The molecular formula is C17H12N8O4S. The summed E-state index contributed by atoms with van der Waals surface area (Å²) in [5, 5.41) is 27.9. The Morgan fingerprint density at radius 3 is 2.67 bits per heavy atom. The number of nitrogens with one attached hydrogen (secondary N) is 1. The lowest BCUT2D eigenvalue weighted by Crippen LogP contribution is -2.19. The molecule has 0 bridgehead atoms. The van der Waals surface area contributed by atoms with Gasteiger partial charge in [-0.05, 0) is 22.4 Å². The molecule has 0 radical (unpaired) electrons. The SMILES string of the molecule is Nc1nonc1-n1nnc(C(=O)N/N=C/c2ccc(C(=O)O)s2)c1-c1ccccc1. The third-order valence-corrected chi connectivity index (χ3v) is 4.83. The molecule has 0 saturated carbocycles. The predicted molar refractivity (Wildman–Crippen MR) is 105 cm³/mol. The third-order valence-electron chi connectivity index (χ3n) is 3.82. The number of rotatable bonds is 6. The van der Waals surface area contributed by atoms with Crippen molar-refractivity contribution in [2.45, 2.75) is 0 Å². The molecule has 30 heavy (non-hydrogen) atoms. The topological polar surface area (TPSA) is 174 Å². The van der Waals surface area contributed by atoms with Gasteiger partial charge in [0.15, 0.2) is 5.69 Å². The summed E-state index contributed by atoms with van der Waals surface area (Å²) in [6, 6.07) is 11.9. The van der Waals surface area contributed by atoms with Crippen molar-refractivity contribution in [3.63, 3.8) is 0 Å². The highest BCUT2D eigenvalue weighted by molar-refractivity contribution is 7.15. The number of aromatic nitrogens is 5. The molecule has 0 unspecified atom stereocenters. The van der Waals surface area contributed by atoms with Crippen LogP contribution in [0.25, 0.3) is 17.1 Å². The molecule has 1 amide bonds. The number of carbonyl (C=O) groups excluding carboxylic acids is 1. The van der Waals surface area contributed by atoms with E-state index in [0.717, 1.165) is 11.3 Å². The normalized spacial score (nSPS) is 11.1. The second-order valence-corrected chi connectivity index (χ2v) is 6.86. The summed E-state index contributed by atoms with van der Waals surface area (Å²) in [7, 11) is 0. The summed E-state index contributed by atoms with van der Waals surface area (Å²) in [5.41, 5.74) is 9.02. The number of amides is 1. The highest BCUT2D eigenvalue weighted by Crippen LogP contribution is 2.26. The Morgan fingerprint density at radius 1 is 1.20 bits per heavy atom. The fraction of sp³-hybridized carbons (Fsp3) is 0. The number of carboxylic acids is 1. The standard InChI is InChI=1S/C17H12N8O4S/c18-14-15(23-29-22-14)25-13(9-4-2-1-3-5-9)12(20-24-25)16(26)21-19-8-10-6-7-11(30-10)17(27)28/h1-8H,(H2,18,22)(H,21,26)(H,27,28)/b19-8+. The number of thiophene rings is 1. The van der Waals surface area contributed by atoms with Crippen molar-refractivity contribution in [2.24, 2.45) is 5.10 Å². The molecule has 0 aliphatic rings. The van der Waals surface area contributed by atoms with Crippen molar-refractivity contribution in [2.75, 3.05) is 5.73 Å². The molecule has 0 aliphatic heterocycles. The van der Waals surface area contributed by atoms with Crippen molar-refractivity contribution in [1.29, 1.82) is 0 Å². The Kier molecular flexibility index (Phi) is 5.00. The Bertz CT molecular complexity index is 1240. The van der Waals surface area contributed by atoms with Crippen LogP contribution in [0, 0.1) is 0 Å². The molecule has 3 heterocycles. The van der Waals surface area contributed by atoms with Crippen LogP contribution >= 0.6 is 11.3 Å². The van der Waals surface area contributed by atoms with E-state index >= 15 is 0 Å². The molecule has 3 aromatic heterocycles. The molecule has 0 aliphatic carbocycles. The van der Waals surface area contributed by atoms with Crippen molar-refractivity contribution in [1.82, 2.24) is 30.7 Å². The van der Waals surface area contributed by atoms with E-state index in [1.807, 2.05) is 6.07 Å². The minimum absolute atomic E-state index is 0.0195. The van der Waals surface area contributed by atoms with Crippen LogP contribution in [-0.2, 0) is 0 Å². The van der Waals surface area contributed by atoms with E-state index in [2.05, 4.69) is 35.8 Å². The van der Waals surface area contributed by atoms with Gasteiger partial charge in [-0.2, -0.15) is 9.78 Å². The Balaban J connectivity index is 1.64. The van der Waals surface area contributed by atoms with Crippen LogP contribution in [-0.4, -0.2) is 48.5 Å². The number of hydrazone groups is 1. The lowest BCUT2D eigenvalue weighted by Gasteiger charge is -2.05. The largest absolute Gasteiger partial charge is 0.477 e. The minimum atomic E-state index is -1.03. The second-order valence-electron chi connectivity index (χ2n) is 5.74. The number of hydrogen-bond donors (Lipinski definition) is 3. The smallest absolute Gasteiger partial charge is 0.345 e. The lowest BCUT2D eigenvalue weighted by molar-refractivity contribution is 0.0702. The van der Waals surface area contributed by atoms with Gasteiger partial charge in [0, 0.05) is 10.4 Å². The summed E-state index contributed by atoms with van der Waals surface area (Å²) in [4.78, 5) is 24.3. The van der Waals surface area contributed by atoms with Crippen LogP contribution in [0.4, 0.5) is 5.82 Å². The van der Waals surface area contributed by atoms with Gasteiger partial charge in [-0.15, -0.1) is 16.4 Å². The van der Waals surface area contributed by atoms with Gasteiger partial charge in [-0.1, -0.05) is 35.5 Å². The number of nitrogen functional groups attached to an aromatic ring is 1. The summed E-state index contributed by atoms with van der Waals surface area (Å²) in [5.74, 6) is -1.60. The highest BCUT2D eigenvalue weighted by Gasteiger charge is 2.25. The number of nitrogens with two attached hydrogens (primary N) is 1. The lowest BCUT2D eigenvalue weighted by atomic mass is 10.1. The molecule has 4 N–H and O–H groups in total. The molecule has 13 heteroatoms.